The van der Waals surface area contributed by atoms with E-state index in [9.17, 15) is 9.59 Å². The van der Waals surface area contributed by atoms with Crippen LogP contribution in [0.5, 0.6) is 0 Å². The maximum atomic E-state index is 13.0. The summed E-state index contributed by atoms with van der Waals surface area (Å²) in [6.45, 7) is 7.76. The molecule has 0 unspecified atom stereocenters. The van der Waals surface area contributed by atoms with Crippen molar-refractivity contribution in [2.75, 3.05) is 5.32 Å². The number of rotatable bonds is 4. The fourth-order valence-electron chi connectivity index (χ4n) is 3.16. The summed E-state index contributed by atoms with van der Waals surface area (Å²) < 4.78 is 6.50. The Morgan fingerprint density at radius 3 is 2.63 bits per heavy atom. The van der Waals surface area contributed by atoms with Crippen molar-refractivity contribution < 1.29 is 9.32 Å². The van der Waals surface area contributed by atoms with E-state index in [0.29, 0.717) is 10.2 Å². The Hall–Kier alpha value is -3.26. The lowest BCUT2D eigenvalue weighted by Gasteiger charge is -2.12. The average molecular weight is 423 g/mol. The van der Waals surface area contributed by atoms with Gasteiger partial charge in [0.05, 0.1) is 17.4 Å². The molecular formula is C22H22N4O3S. The number of amides is 1. The molecule has 0 aliphatic rings. The van der Waals surface area contributed by atoms with Crippen molar-refractivity contribution in [3.8, 4) is 10.4 Å². The maximum Gasteiger partial charge on any atom is 0.262 e. The summed E-state index contributed by atoms with van der Waals surface area (Å²) in [6.07, 6.45) is 1.41. The Kier molecular flexibility index (Phi) is 5.03. The number of thiophene rings is 1. The van der Waals surface area contributed by atoms with Gasteiger partial charge in [0.15, 0.2) is 0 Å². The van der Waals surface area contributed by atoms with Crippen molar-refractivity contribution >= 4 is 33.3 Å². The van der Waals surface area contributed by atoms with Crippen molar-refractivity contribution in [1.82, 2.24) is 14.7 Å². The van der Waals surface area contributed by atoms with Crippen molar-refractivity contribution in [2.24, 2.45) is 0 Å². The third-order valence-corrected chi connectivity index (χ3v) is 6.06. The van der Waals surface area contributed by atoms with E-state index in [0.717, 1.165) is 21.7 Å². The molecule has 1 N–H and O–H groups in total. The number of carbonyl (C=O) groups is 1. The van der Waals surface area contributed by atoms with Gasteiger partial charge in [0.2, 0.25) is 11.8 Å². The predicted molar refractivity (Wildman–Crippen MR) is 118 cm³/mol. The van der Waals surface area contributed by atoms with E-state index in [1.165, 1.54) is 22.2 Å². The maximum absolute atomic E-state index is 13.0. The Morgan fingerprint density at radius 2 is 1.97 bits per heavy atom. The molecule has 4 aromatic rings. The zero-order valence-electron chi connectivity index (χ0n) is 17.2. The van der Waals surface area contributed by atoms with Gasteiger partial charge >= 0.3 is 0 Å². The lowest BCUT2D eigenvalue weighted by Crippen LogP contribution is -2.27. The first-order valence-electron chi connectivity index (χ1n) is 9.55. The average Bonchev–Trinajstić information content (AvgIpc) is 3.30. The van der Waals surface area contributed by atoms with Gasteiger partial charge < -0.3 is 4.52 Å². The molecule has 0 aliphatic carbocycles. The first-order valence-corrected chi connectivity index (χ1v) is 10.4. The minimum absolute atomic E-state index is 0.163. The number of hydrogen-bond acceptors (Lipinski definition) is 6. The second-order valence-corrected chi connectivity index (χ2v) is 9.15. The molecule has 1 amide bonds. The lowest BCUT2D eigenvalue weighted by molar-refractivity contribution is -0.116. The van der Waals surface area contributed by atoms with Gasteiger partial charge in [-0.2, -0.15) is 0 Å². The van der Waals surface area contributed by atoms with E-state index in [1.54, 1.807) is 6.07 Å². The van der Waals surface area contributed by atoms with Gasteiger partial charge in [-0.15, -0.1) is 11.3 Å². The van der Waals surface area contributed by atoms with E-state index in [4.69, 9.17) is 4.52 Å². The van der Waals surface area contributed by atoms with Crippen LogP contribution in [0.1, 0.15) is 32.0 Å². The van der Waals surface area contributed by atoms with Gasteiger partial charge in [0, 0.05) is 16.4 Å². The van der Waals surface area contributed by atoms with Crippen LogP contribution in [0.4, 0.5) is 5.88 Å². The molecule has 0 atom stereocenters. The van der Waals surface area contributed by atoms with Crippen LogP contribution in [0.15, 0.2) is 52.0 Å². The molecule has 154 valence electrons. The summed E-state index contributed by atoms with van der Waals surface area (Å²) >= 11 is 1.48. The largest absolute Gasteiger partial charge is 0.338 e. The summed E-state index contributed by atoms with van der Waals surface area (Å²) in [5, 5.41) is 7.18. The highest BCUT2D eigenvalue weighted by atomic mass is 32.1. The molecule has 4 rings (SSSR count). The molecule has 1 aromatic carbocycles. The summed E-state index contributed by atoms with van der Waals surface area (Å²) in [5.74, 6) is -0.129. The first-order chi connectivity index (χ1) is 14.2. The predicted octanol–water partition coefficient (Wildman–Crippen LogP) is 4.36. The number of fused-ring (bicyclic) bond motifs is 1. The fourth-order valence-corrected chi connectivity index (χ4v) is 4.30. The molecule has 3 aromatic heterocycles. The molecule has 0 saturated heterocycles. The Morgan fingerprint density at radius 1 is 1.23 bits per heavy atom. The van der Waals surface area contributed by atoms with Gasteiger partial charge in [0.1, 0.15) is 11.4 Å². The highest BCUT2D eigenvalue weighted by molar-refractivity contribution is 7.22. The quantitative estimate of drug-likeness (QED) is 0.528. The molecule has 0 saturated carbocycles. The minimum Gasteiger partial charge on any atom is -0.338 e. The van der Waals surface area contributed by atoms with Crippen LogP contribution in [0.2, 0.25) is 0 Å². The van der Waals surface area contributed by atoms with Crippen LogP contribution in [0, 0.1) is 6.92 Å². The Labute approximate surface area is 177 Å². The van der Waals surface area contributed by atoms with Crippen LogP contribution in [0.3, 0.4) is 0 Å². The molecule has 30 heavy (non-hydrogen) atoms. The number of aromatic nitrogens is 3. The summed E-state index contributed by atoms with van der Waals surface area (Å²) in [6, 6.07) is 11.6. The number of anilines is 1. The molecule has 0 fully saturated rings. The number of aryl methyl sites for hydroxylation is 1. The SMILES string of the molecule is Cc1c(-c2ccccc2)sc2ncn(CC(=O)Nc3cc(C(C)(C)C)no3)c(=O)c12. The normalized spacial score (nSPS) is 11.7. The number of benzene rings is 1. The highest BCUT2D eigenvalue weighted by Crippen LogP contribution is 2.35. The molecule has 0 bridgehead atoms. The van der Waals surface area contributed by atoms with Crippen LogP contribution in [-0.4, -0.2) is 20.6 Å². The zero-order valence-corrected chi connectivity index (χ0v) is 18.0. The number of nitrogens with one attached hydrogen (secondary N) is 1. The van der Waals surface area contributed by atoms with Crippen molar-refractivity contribution in [3.05, 3.63) is 64.3 Å². The summed E-state index contributed by atoms with van der Waals surface area (Å²) in [7, 11) is 0. The van der Waals surface area contributed by atoms with E-state index in [1.807, 2.05) is 58.0 Å². The molecule has 8 heteroatoms. The van der Waals surface area contributed by atoms with Crippen LogP contribution in [0.25, 0.3) is 20.7 Å². The second-order valence-electron chi connectivity index (χ2n) is 8.15. The minimum atomic E-state index is -0.383. The lowest BCUT2D eigenvalue weighted by atomic mass is 9.92. The third-order valence-electron chi connectivity index (χ3n) is 4.81. The van der Waals surface area contributed by atoms with Gasteiger partial charge in [-0.25, -0.2) is 4.98 Å². The Balaban J connectivity index is 1.60. The zero-order chi connectivity index (χ0) is 21.5. The molecule has 0 spiro atoms. The molecule has 0 radical (unpaired) electrons. The van der Waals surface area contributed by atoms with E-state index >= 15 is 0 Å². The van der Waals surface area contributed by atoms with Gasteiger partial charge in [-0.1, -0.05) is 56.3 Å². The van der Waals surface area contributed by atoms with E-state index < -0.39 is 0 Å². The summed E-state index contributed by atoms with van der Waals surface area (Å²) in [4.78, 5) is 31.6. The molecule has 0 aliphatic heterocycles. The first kappa shape index (κ1) is 20.0. The van der Waals surface area contributed by atoms with Gasteiger partial charge in [0.25, 0.3) is 5.56 Å². The van der Waals surface area contributed by atoms with Crippen LogP contribution < -0.4 is 10.9 Å². The number of nitrogens with zero attached hydrogens (tertiary/aromatic N) is 3. The molecule has 7 nitrogen and oxygen atoms in total. The third kappa shape index (κ3) is 3.78. The molecule has 3 heterocycles. The van der Waals surface area contributed by atoms with Crippen molar-refractivity contribution in [1.29, 1.82) is 0 Å². The standard InChI is InChI=1S/C22H22N4O3S/c1-13-18-20(30-19(13)14-8-6-5-7-9-14)23-12-26(21(18)28)11-16(27)24-17-10-15(25-29-17)22(2,3)4/h5-10,12H,11H2,1-4H3,(H,24,27). The highest BCUT2D eigenvalue weighted by Gasteiger charge is 2.20. The monoisotopic (exact) mass is 422 g/mol. The topological polar surface area (TPSA) is 90.0 Å². The van der Waals surface area contributed by atoms with E-state index in [-0.39, 0.29) is 29.3 Å². The van der Waals surface area contributed by atoms with Crippen LogP contribution >= 0.6 is 11.3 Å². The number of hydrogen-bond donors (Lipinski definition) is 1. The number of carbonyl (C=O) groups excluding carboxylic acids is 1. The Bertz CT molecular complexity index is 1280. The molecular weight excluding hydrogens is 400 g/mol. The van der Waals surface area contributed by atoms with Gasteiger partial charge in [-0.3, -0.25) is 19.5 Å². The summed E-state index contributed by atoms with van der Waals surface area (Å²) in [5.41, 5.74) is 2.23. The van der Waals surface area contributed by atoms with Gasteiger partial charge in [-0.05, 0) is 18.1 Å². The van der Waals surface area contributed by atoms with Crippen molar-refractivity contribution in [3.63, 3.8) is 0 Å². The van der Waals surface area contributed by atoms with Crippen LogP contribution in [-0.2, 0) is 16.8 Å². The smallest absolute Gasteiger partial charge is 0.262 e. The van der Waals surface area contributed by atoms with E-state index in [2.05, 4.69) is 15.5 Å². The fraction of sp³-hybridized carbons (Fsp3) is 0.273. The van der Waals surface area contributed by atoms with Crippen molar-refractivity contribution in [2.45, 2.75) is 39.7 Å². The second kappa shape index (κ2) is 7.53.